The summed E-state index contributed by atoms with van der Waals surface area (Å²) in [6.45, 7) is 4.28. The lowest BCUT2D eigenvalue weighted by Crippen LogP contribution is -2.27. The molecule has 0 fully saturated rings. The molecule has 1 aromatic heterocycles. The summed E-state index contributed by atoms with van der Waals surface area (Å²) in [4.78, 5) is 28.6. The van der Waals surface area contributed by atoms with Crippen LogP contribution in [0.5, 0.6) is 0 Å². The van der Waals surface area contributed by atoms with Gasteiger partial charge in [-0.15, -0.1) is 0 Å². The second-order valence-corrected chi connectivity index (χ2v) is 6.15. The number of para-hydroxylation sites is 2. The summed E-state index contributed by atoms with van der Waals surface area (Å²) < 4.78 is 1.44. The number of benzene rings is 2. The normalized spacial score (nSPS) is 12.1. The molecule has 0 unspecified atom stereocenters. The second kappa shape index (κ2) is 7.30. The molecule has 128 valence electrons. The number of nitrogens with one attached hydrogen (secondary N) is 1. The van der Waals surface area contributed by atoms with E-state index in [-0.39, 0.29) is 18.0 Å². The Hall–Kier alpha value is -2.95. The fourth-order valence-corrected chi connectivity index (χ4v) is 2.75. The van der Waals surface area contributed by atoms with Crippen LogP contribution in [0.4, 0.5) is 5.69 Å². The fraction of sp³-hybridized carbons (Fsp3) is 0.250. The monoisotopic (exact) mass is 335 g/mol. The molecule has 0 saturated heterocycles. The molecular formula is C20H21N3O2. The summed E-state index contributed by atoms with van der Waals surface area (Å²) in [5, 5.41) is 2.85. The smallest absolute Gasteiger partial charge is 0.269 e. The Balaban J connectivity index is 1.77. The maximum absolute atomic E-state index is 12.4. The summed E-state index contributed by atoms with van der Waals surface area (Å²) in [5.74, 6) is 0.251. The molecule has 0 aliphatic carbocycles. The highest BCUT2D eigenvalue weighted by atomic mass is 16.2. The summed E-state index contributed by atoms with van der Waals surface area (Å²) in [5.41, 5.74) is 3.02. The molecule has 1 atom stereocenters. The average molecular weight is 335 g/mol. The Morgan fingerprint density at radius 1 is 1.16 bits per heavy atom. The molecule has 0 saturated carbocycles. The van der Waals surface area contributed by atoms with Crippen molar-refractivity contribution < 1.29 is 4.79 Å². The van der Waals surface area contributed by atoms with Crippen molar-refractivity contribution in [3.8, 4) is 0 Å². The number of anilines is 1. The van der Waals surface area contributed by atoms with Gasteiger partial charge >= 0.3 is 0 Å². The lowest BCUT2D eigenvalue weighted by Gasteiger charge is -2.12. The van der Waals surface area contributed by atoms with Gasteiger partial charge in [-0.25, -0.2) is 4.98 Å². The van der Waals surface area contributed by atoms with E-state index in [0.29, 0.717) is 17.0 Å². The molecule has 2 aromatic carbocycles. The third-order valence-electron chi connectivity index (χ3n) is 4.43. The minimum absolute atomic E-state index is 0.0466. The van der Waals surface area contributed by atoms with Gasteiger partial charge in [-0.05, 0) is 42.2 Å². The molecule has 0 bridgehead atoms. The fourth-order valence-electron chi connectivity index (χ4n) is 2.75. The van der Waals surface area contributed by atoms with Crippen molar-refractivity contribution in [1.29, 1.82) is 0 Å². The van der Waals surface area contributed by atoms with E-state index in [2.05, 4.69) is 24.1 Å². The van der Waals surface area contributed by atoms with Crippen LogP contribution in [0.3, 0.4) is 0 Å². The van der Waals surface area contributed by atoms with Crippen LogP contribution >= 0.6 is 0 Å². The van der Waals surface area contributed by atoms with Crippen LogP contribution in [0.25, 0.3) is 11.0 Å². The number of rotatable bonds is 5. The van der Waals surface area contributed by atoms with Gasteiger partial charge < -0.3 is 5.32 Å². The molecular weight excluding hydrogens is 314 g/mol. The molecule has 0 spiro atoms. The standard InChI is InChI=1S/C20H21N3O2/c1-3-14(2)15-8-10-16(11-9-15)22-19(24)13-23-18-7-5-4-6-17(18)21-12-20(23)25/h4-12,14H,3,13H2,1-2H3,(H,22,24)/t14-/m0/s1. The number of hydrogen-bond donors (Lipinski definition) is 1. The molecule has 0 radical (unpaired) electrons. The zero-order chi connectivity index (χ0) is 17.8. The molecule has 3 rings (SSSR count). The number of amides is 1. The topological polar surface area (TPSA) is 64.0 Å². The van der Waals surface area contributed by atoms with E-state index >= 15 is 0 Å². The van der Waals surface area contributed by atoms with E-state index < -0.39 is 0 Å². The number of carbonyl (C=O) groups is 1. The molecule has 5 nitrogen and oxygen atoms in total. The first-order chi connectivity index (χ1) is 12.1. The van der Waals surface area contributed by atoms with Crippen LogP contribution in [0.15, 0.2) is 59.5 Å². The SMILES string of the molecule is CC[C@H](C)c1ccc(NC(=O)Cn2c(=O)cnc3ccccc32)cc1. The highest BCUT2D eigenvalue weighted by Gasteiger charge is 2.09. The molecule has 5 heteroatoms. The lowest BCUT2D eigenvalue weighted by molar-refractivity contribution is -0.116. The Bertz CT molecular complexity index is 945. The van der Waals surface area contributed by atoms with Crippen molar-refractivity contribution in [2.24, 2.45) is 0 Å². The summed E-state index contributed by atoms with van der Waals surface area (Å²) in [6, 6.07) is 15.1. The van der Waals surface area contributed by atoms with Crippen LogP contribution in [0.1, 0.15) is 31.7 Å². The third-order valence-corrected chi connectivity index (χ3v) is 4.43. The molecule has 1 heterocycles. The van der Waals surface area contributed by atoms with Crippen molar-refractivity contribution in [2.75, 3.05) is 5.32 Å². The average Bonchev–Trinajstić information content (AvgIpc) is 2.64. The highest BCUT2D eigenvalue weighted by Crippen LogP contribution is 2.20. The second-order valence-electron chi connectivity index (χ2n) is 6.15. The lowest BCUT2D eigenvalue weighted by atomic mass is 9.99. The highest BCUT2D eigenvalue weighted by molar-refractivity contribution is 5.91. The Labute approximate surface area is 146 Å². The van der Waals surface area contributed by atoms with Gasteiger partial charge in [-0.2, -0.15) is 0 Å². The maximum Gasteiger partial charge on any atom is 0.269 e. The summed E-state index contributed by atoms with van der Waals surface area (Å²) in [6.07, 6.45) is 2.32. The van der Waals surface area contributed by atoms with Crippen molar-refractivity contribution in [3.63, 3.8) is 0 Å². The van der Waals surface area contributed by atoms with E-state index in [1.54, 1.807) is 6.07 Å². The summed E-state index contributed by atoms with van der Waals surface area (Å²) >= 11 is 0. The Kier molecular flexibility index (Phi) is 4.93. The van der Waals surface area contributed by atoms with Crippen LogP contribution in [0.2, 0.25) is 0 Å². The predicted molar refractivity (Wildman–Crippen MR) is 99.8 cm³/mol. The first kappa shape index (κ1) is 16.9. The van der Waals surface area contributed by atoms with Gasteiger partial charge in [-0.1, -0.05) is 38.1 Å². The van der Waals surface area contributed by atoms with Gasteiger partial charge in [0.25, 0.3) is 5.56 Å². The summed E-state index contributed by atoms with van der Waals surface area (Å²) in [7, 11) is 0. The number of hydrogen-bond acceptors (Lipinski definition) is 3. The zero-order valence-corrected chi connectivity index (χ0v) is 14.4. The van der Waals surface area contributed by atoms with Gasteiger partial charge in [0.1, 0.15) is 6.54 Å². The minimum atomic E-state index is -0.291. The van der Waals surface area contributed by atoms with E-state index in [1.807, 2.05) is 42.5 Å². The Morgan fingerprint density at radius 3 is 2.60 bits per heavy atom. The van der Waals surface area contributed by atoms with Crippen LogP contribution < -0.4 is 10.9 Å². The van der Waals surface area contributed by atoms with E-state index in [9.17, 15) is 9.59 Å². The molecule has 0 aliphatic rings. The molecule has 0 aliphatic heterocycles. The first-order valence-electron chi connectivity index (χ1n) is 8.43. The van der Waals surface area contributed by atoms with Crippen LogP contribution in [0, 0.1) is 0 Å². The van der Waals surface area contributed by atoms with Gasteiger partial charge in [0.05, 0.1) is 17.2 Å². The van der Waals surface area contributed by atoms with Crippen molar-refractivity contribution in [3.05, 3.63) is 70.6 Å². The first-order valence-corrected chi connectivity index (χ1v) is 8.43. The molecule has 1 N–H and O–H groups in total. The van der Waals surface area contributed by atoms with Gasteiger partial charge in [0.15, 0.2) is 0 Å². The largest absolute Gasteiger partial charge is 0.325 e. The van der Waals surface area contributed by atoms with Crippen molar-refractivity contribution in [2.45, 2.75) is 32.7 Å². The number of fused-ring (bicyclic) bond motifs is 1. The Morgan fingerprint density at radius 2 is 1.88 bits per heavy atom. The van der Waals surface area contributed by atoms with Crippen LogP contribution in [-0.2, 0) is 11.3 Å². The maximum atomic E-state index is 12.4. The molecule has 1 amide bonds. The number of nitrogens with zero attached hydrogens (tertiary/aromatic N) is 2. The van der Waals surface area contributed by atoms with E-state index in [1.165, 1.54) is 16.3 Å². The molecule has 3 aromatic rings. The zero-order valence-electron chi connectivity index (χ0n) is 14.4. The van der Waals surface area contributed by atoms with Gasteiger partial charge in [0.2, 0.25) is 5.91 Å². The number of carbonyl (C=O) groups excluding carboxylic acids is 1. The minimum Gasteiger partial charge on any atom is -0.325 e. The van der Waals surface area contributed by atoms with Crippen molar-refractivity contribution >= 4 is 22.6 Å². The van der Waals surface area contributed by atoms with Crippen molar-refractivity contribution in [1.82, 2.24) is 9.55 Å². The van der Waals surface area contributed by atoms with Crippen LogP contribution in [-0.4, -0.2) is 15.5 Å². The molecule has 25 heavy (non-hydrogen) atoms. The van der Waals surface area contributed by atoms with Gasteiger partial charge in [0, 0.05) is 5.69 Å². The quantitative estimate of drug-likeness (QED) is 0.775. The predicted octanol–water partition coefficient (Wildman–Crippen LogP) is 3.55. The van der Waals surface area contributed by atoms with E-state index in [4.69, 9.17) is 0 Å². The van der Waals surface area contributed by atoms with E-state index in [0.717, 1.165) is 12.1 Å². The third kappa shape index (κ3) is 3.76. The van der Waals surface area contributed by atoms with Gasteiger partial charge in [-0.3, -0.25) is 14.2 Å². The number of aromatic nitrogens is 2.